The van der Waals surface area contributed by atoms with Crippen LogP contribution in [-0.4, -0.2) is 43.6 Å². The number of halogens is 2. The van der Waals surface area contributed by atoms with Crippen LogP contribution in [0.5, 0.6) is 11.5 Å². The molecule has 3 rings (SSSR count). The Bertz CT molecular complexity index is 1020. The van der Waals surface area contributed by atoms with Crippen LogP contribution in [0.1, 0.15) is 5.56 Å². The highest BCUT2D eigenvalue weighted by molar-refractivity contribution is 7.14. The number of nitrogens with one attached hydrogen (secondary N) is 1. The highest BCUT2D eigenvalue weighted by Gasteiger charge is 2.15. The van der Waals surface area contributed by atoms with Gasteiger partial charge in [-0.05, 0) is 31.3 Å². The van der Waals surface area contributed by atoms with Gasteiger partial charge in [0.25, 0.3) is 0 Å². The van der Waals surface area contributed by atoms with E-state index >= 15 is 0 Å². The van der Waals surface area contributed by atoms with Crippen LogP contribution < -0.4 is 14.8 Å². The minimum absolute atomic E-state index is 0.0609. The summed E-state index contributed by atoms with van der Waals surface area (Å²) in [5.74, 6) is 0.650. The predicted octanol–water partition coefficient (Wildman–Crippen LogP) is 4.69. The predicted molar refractivity (Wildman–Crippen MR) is 117 cm³/mol. The van der Waals surface area contributed by atoms with Crippen LogP contribution in [0.2, 0.25) is 5.02 Å². The molecule has 0 fully saturated rings. The Kier molecular flexibility index (Phi) is 7.25. The van der Waals surface area contributed by atoms with Crippen molar-refractivity contribution in [3.05, 3.63) is 58.2 Å². The second-order valence-electron chi connectivity index (χ2n) is 6.52. The fourth-order valence-electron chi connectivity index (χ4n) is 2.88. The second-order valence-corrected chi connectivity index (χ2v) is 7.79. The lowest BCUT2D eigenvalue weighted by Crippen LogP contribution is -2.30. The van der Waals surface area contributed by atoms with Gasteiger partial charge in [-0.1, -0.05) is 17.7 Å². The van der Waals surface area contributed by atoms with Crippen molar-refractivity contribution in [2.45, 2.75) is 6.54 Å². The van der Waals surface area contributed by atoms with Crippen molar-refractivity contribution in [3.63, 3.8) is 0 Å². The number of anilines is 1. The van der Waals surface area contributed by atoms with E-state index in [1.165, 1.54) is 17.4 Å². The Hall–Kier alpha value is -2.68. The Balaban J connectivity index is 1.64. The van der Waals surface area contributed by atoms with Crippen LogP contribution in [-0.2, 0) is 11.3 Å². The number of thiazole rings is 1. The molecule has 9 heteroatoms. The molecule has 1 heterocycles. The van der Waals surface area contributed by atoms with E-state index in [1.807, 2.05) is 17.5 Å². The van der Waals surface area contributed by atoms with E-state index in [4.69, 9.17) is 21.1 Å². The molecule has 0 saturated carbocycles. The Morgan fingerprint density at radius 3 is 2.77 bits per heavy atom. The van der Waals surface area contributed by atoms with Gasteiger partial charge >= 0.3 is 0 Å². The van der Waals surface area contributed by atoms with E-state index in [9.17, 15) is 9.18 Å². The maximum Gasteiger partial charge on any atom is 0.240 e. The summed E-state index contributed by atoms with van der Waals surface area (Å²) in [5.41, 5.74) is 1.83. The summed E-state index contributed by atoms with van der Waals surface area (Å²) >= 11 is 7.36. The number of amides is 1. The molecule has 0 radical (unpaired) electrons. The minimum atomic E-state index is -0.396. The molecule has 0 spiro atoms. The molecular weight excluding hydrogens is 429 g/mol. The highest BCUT2D eigenvalue weighted by atomic mass is 35.5. The third-order valence-electron chi connectivity index (χ3n) is 4.34. The lowest BCUT2D eigenvalue weighted by molar-refractivity contribution is -0.117. The van der Waals surface area contributed by atoms with E-state index in [2.05, 4.69) is 10.3 Å². The number of aromatic nitrogens is 1. The second kappa shape index (κ2) is 9.88. The number of benzene rings is 2. The van der Waals surface area contributed by atoms with Gasteiger partial charge in [0, 0.05) is 34.1 Å². The fraction of sp³-hybridized carbons (Fsp3) is 0.238. The van der Waals surface area contributed by atoms with Gasteiger partial charge in [0.1, 0.15) is 17.3 Å². The molecule has 1 aromatic heterocycles. The number of likely N-dealkylation sites (N-methyl/N-ethyl adjacent to an activating group) is 1. The molecule has 0 atom stereocenters. The van der Waals surface area contributed by atoms with Gasteiger partial charge in [0.05, 0.1) is 26.5 Å². The first-order valence-corrected chi connectivity index (χ1v) is 10.3. The van der Waals surface area contributed by atoms with Crippen molar-refractivity contribution >= 4 is 34.0 Å². The van der Waals surface area contributed by atoms with Crippen molar-refractivity contribution in [3.8, 4) is 22.8 Å². The summed E-state index contributed by atoms with van der Waals surface area (Å²) in [7, 11) is 4.88. The number of carbonyl (C=O) groups is 1. The zero-order valence-electron chi connectivity index (χ0n) is 16.7. The number of ether oxygens (including phenoxy) is 2. The number of rotatable bonds is 8. The molecule has 3 aromatic rings. The van der Waals surface area contributed by atoms with Gasteiger partial charge < -0.3 is 14.8 Å². The van der Waals surface area contributed by atoms with Crippen molar-refractivity contribution in [2.24, 2.45) is 0 Å². The third kappa shape index (κ3) is 5.27. The number of carbonyl (C=O) groups excluding carboxylic acids is 1. The number of methoxy groups -OCH3 is 2. The van der Waals surface area contributed by atoms with E-state index in [-0.39, 0.29) is 19.0 Å². The number of hydrogen-bond acceptors (Lipinski definition) is 6. The zero-order chi connectivity index (χ0) is 21.7. The van der Waals surface area contributed by atoms with Gasteiger partial charge in [0.2, 0.25) is 5.91 Å². The Morgan fingerprint density at radius 2 is 2.07 bits per heavy atom. The normalized spacial score (nSPS) is 10.9. The first kappa shape index (κ1) is 22.0. The summed E-state index contributed by atoms with van der Waals surface area (Å²) in [6.45, 7) is 0.274. The first-order chi connectivity index (χ1) is 14.4. The van der Waals surface area contributed by atoms with Crippen LogP contribution in [0, 0.1) is 5.82 Å². The van der Waals surface area contributed by atoms with E-state index in [0.29, 0.717) is 32.9 Å². The highest BCUT2D eigenvalue weighted by Crippen LogP contribution is 2.34. The molecule has 0 saturated heterocycles. The van der Waals surface area contributed by atoms with Crippen LogP contribution in [0.15, 0.2) is 41.8 Å². The molecule has 1 amide bonds. The molecule has 0 aliphatic heterocycles. The standard InChI is InChI=1S/C21H21ClFN3O3S/c1-26(10-15-16(22)5-4-6-17(15)23)11-20(27)25-21-24-18(12-30-21)14-8-7-13(28-2)9-19(14)29-3/h4-9,12H,10-11H2,1-3H3,(H,24,25,27). The molecule has 0 unspecified atom stereocenters. The smallest absolute Gasteiger partial charge is 0.240 e. The fourth-order valence-corrected chi connectivity index (χ4v) is 3.83. The van der Waals surface area contributed by atoms with Gasteiger partial charge in [-0.25, -0.2) is 9.37 Å². The van der Waals surface area contributed by atoms with Crippen LogP contribution >= 0.6 is 22.9 Å². The summed E-state index contributed by atoms with van der Waals surface area (Å²) in [6, 6.07) is 9.96. The lowest BCUT2D eigenvalue weighted by atomic mass is 10.1. The molecule has 158 valence electrons. The quantitative estimate of drug-likeness (QED) is 0.540. The molecular formula is C21H21ClFN3O3S. The van der Waals surface area contributed by atoms with Crippen molar-refractivity contribution in [2.75, 3.05) is 33.1 Å². The maximum absolute atomic E-state index is 13.9. The van der Waals surface area contributed by atoms with Crippen molar-refractivity contribution in [1.82, 2.24) is 9.88 Å². The molecule has 6 nitrogen and oxygen atoms in total. The molecule has 2 aromatic carbocycles. The maximum atomic E-state index is 13.9. The van der Waals surface area contributed by atoms with E-state index < -0.39 is 5.82 Å². The number of nitrogens with zero attached hydrogens (tertiary/aromatic N) is 2. The third-order valence-corrected chi connectivity index (χ3v) is 5.45. The van der Waals surface area contributed by atoms with Gasteiger partial charge in [0.15, 0.2) is 5.13 Å². The van der Waals surface area contributed by atoms with Crippen LogP contribution in [0.3, 0.4) is 0 Å². The topological polar surface area (TPSA) is 63.7 Å². The zero-order valence-corrected chi connectivity index (χ0v) is 18.3. The summed E-state index contributed by atoms with van der Waals surface area (Å²) in [6.07, 6.45) is 0. The summed E-state index contributed by atoms with van der Waals surface area (Å²) in [4.78, 5) is 18.5. The van der Waals surface area contributed by atoms with Gasteiger partial charge in [-0.15, -0.1) is 11.3 Å². The largest absolute Gasteiger partial charge is 0.497 e. The SMILES string of the molecule is COc1ccc(-c2csc(NC(=O)CN(C)Cc3c(F)cccc3Cl)n2)c(OC)c1. The van der Waals surface area contributed by atoms with Crippen LogP contribution in [0.25, 0.3) is 11.3 Å². The molecule has 30 heavy (non-hydrogen) atoms. The lowest BCUT2D eigenvalue weighted by Gasteiger charge is -2.17. The Labute approximate surface area is 183 Å². The minimum Gasteiger partial charge on any atom is -0.497 e. The summed E-state index contributed by atoms with van der Waals surface area (Å²) < 4.78 is 24.5. The average Bonchev–Trinajstić information content (AvgIpc) is 3.18. The molecule has 0 bridgehead atoms. The average molecular weight is 450 g/mol. The Morgan fingerprint density at radius 1 is 1.27 bits per heavy atom. The van der Waals surface area contributed by atoms with E-state index in [1.54, 1.807) is 44.4 Å². The van der Waals surface area contributed by atoms with E-state index in [0.717, 1.165) is 5.56 Å². The number of hydrogen-bond donors (Lipinski definition) is 1. The molecule has 1 N–H and O–H groups in total. The summed E-state index contributed by atoms with van der Waals surface area (Å²) in [5, 5.41) is 5.41. The van der Waals surface area contributed by atoms with Crippen molar-refractivity contribution < 1.29 is 18.7 Å². The molecule has 0 aliphatic carbocycles. The van der Waals surface area contributed by atoms with Gasteiger partial charge in [-0.3, -0.25) is 9.69 Å². The monoisotopic (exact) mass is 449 g/mol. The first-order valence-electron chi connectivity index (χ1n) is 9.00. The van der Waals surface area contributed by atoms with Crippen LogP contribution in [0.4, 0.5) is 9.52 Å². The van der Waals surface area contributed by atoms with Crippen molar-refractivity contribution in [1.29, 1.82) is 0 Å². The molecule has 0 aliphatic rings. The van der Waals surface area contributed by atoms with Gasteiger partial charge in [-0.2, -0.15) is 0 Å².